The fourth-order valence-electron chi connectivity index (χ4n) is 3.51. The SMILES string of the molecule is CCN(CC)S(=O)(=O)c1cc(C(=O)OCCCn2c(=O)[nH]c3ccccc32)ccc1C. The molecule has 0 aliphatic carbocycles. The van der Waals surface area contributed by atoms with Crippen molar-refractivity contribution in [3.8, 4) is 0 Å². The molecule has 0 saturated heterocycles. The normalized spacial score (nSPS) is 11.9. The first-order valence-electron chi connectivity index (χ1n) is 10.2. The van der Waals surface area contributed by atoms with E-state index < -0.39 is 16.0 Å². The summed E-state index contributed by atoms with van der Waals surface area (Å²) in [5, 5.41) is 0. The van der Waals surface area contributed by atoms with Crippen molar-refractivity contribution in [3.63, 3.8) is 0 Å². The average molecular weight is 446 g/mol. The van der Waals surface area contributed by atoms with Crippen LogP contribution in [0.5, 0.6) is 0 Å². The Kier molecular flexibility index (Phi) is 6.97. The van der Waals surface area contributed by atoms with Crippen LogP contribution in [0.4, 0.5) is 0 Å². The van der Waals surface area contributed by atoms with E-state index in [0.717, 1.165) is 11.0 Å². The number of carbonyl (C=O) groups is 1. The van der Waals surface area contributed by atoms with Gasteiger partial charge in [-0.15, -0.1) is 0 Å². The molecule has 0 aliphatic heterocycles. The molecule has 0 atom stereocenters. The van der Waals surface area contributed by atoms with Crippen LogP contribution in [0.25, 0.3) is 11.0 Å². The molecule has 0 fully saturated rings. The number of hydrogen-bond donors (Lipinski definition) is 1. The topological polar surface area (TPSA) is 101 Å². The summed E-state index contributed by atoms with van der Waals surface area (Å²) in [6, 6.07) is 11.9. The summed E-state index contributed by atoms with van der Waals surface area (Å²) in [4.78, 5) is 27.5. The summed E-state index contributed by atoms with van der Waals surface area (Å²) >= 11 is 0. The van der Waals surface area contributed by atoms with E-state index in [-0.39, 0.29) is 22.8 Å². The number of nitrogens with zero attached hydrogens (tertiary/aromatic N) is 2. The molecule has 0 unspecified atom stereocenters. The maximum Gasteiger partial charge on any atom is 0.338 e. The molecule has 1 N–H and O–H groups in total. The first kappa shape index (κ1) is 22.8. The number of sulfonamides is 1. The molecule has 0 bridgehead atoms. The third-order valence-electron chi connectivity index (χ3n) is 5.19. The van der Waals surface area contributed by atoms with Gasteiger partial charge in [-0.25, -0.2) is 18.0 Å². The number of rotatable bonds is 9. The zero-order chi connectivity index (χ0) is 22.6. The summed E-state index contributed by atoms with van der Waals surface area (Å²) in [6.45, 7) is 6.44. The molecule has 8 nitrogen and oxygen atoms in total. The van der Waals surface area contributed by atoms with Gasteiger partial charge in [0.05, 0.1) is 28.1 Å². The number of carbonyl (C=O) groups excluding carboxylic acids is 1. The lowest BCUT2D eigenvalue weighted by Crippen LogP contribution is -2.31. The van der Waals surface area contributed by atoms with Gasteiger partial charge in [0.1, 0.15) is 0 Å². The summed E-state index contributed by atoms with van der Waals surface area (Å²) in [7, 11) is -3.68. The Labute approximate surface area is 181 Å². The second kappa shape index (κ2) is 9.49. The van der Waals surface area contributed by atoms with E-state index in [9.17, 15) is 18.0 Å². The van der Waals surface area contributed by atoms with Crippen molar-refractivity contribution < 1.29 is 17.9 Å². The van der Waals surface area contributed by atoms with Crippen molar-refractivity contribution in [2.75, 3.05) is 19.7 Å². The molecule has 0 radical (unpaired) electrons. The maximum absolute atomic E-state index is 12.9. The number of fused-ring (bicyclic) bond motifs is 1. The summed E-state index contributed by atoms with van der Waals surface area (Å²) in [5.74, 6) is -0.595. The number of ether oxygens (including phenoxy) is 1. The van der Waals surface area contributed by atoms with Crippen LogP contribution >= 0.6 is 0 Å². The molecule has 0 spiro atoms. The lowest BCUT2D eigenvalue weighted by Gasteiger charge is -2.20. The summed E-state index contributed by atoms with van der Waals surface area (Å²) < 4.78 is 34.0. The molecule has 0 amide bonds. The van der Waals surface area contributed by atoms with Gasteiger partial charge in [0, 0.05) is 19.6 Å². The van der Waals surface area contributed by atoms with Crippen molar-refractivity contribution in [2.45, 2.75) is 38.6 Å². The molecule has 1 aromatic heterocycles. The van der Waals surface area contributed by atoms with E-state index in [4.69, 9.17) is 4.74 Å². The van der Waals surface area contributed by atoms with Gasteiger partial charge in [-0.1, -0.05) is 32.0 Å². The number of para-hydroxylation sites is 2. The second-order valence-corrected chi connectivity index (χ2v) is 9.06. The highest BCUT2D eigenvalue weighted by Gasteiger charge is 2.25. The van der Waals surface area contributed by atoms with Crippen LogP contribution in [0.1, 0.15) is 36.2 Å². The van der Waals surface area contributed by atoms with Gasteiger partial charge in [0.2, 0.25) is 10.0 Å². The predicted octanol–water partition coefficient (Wildman–Crippen LogP) is 2.92. The third kappa shape index (κ3) is 4.72. The average Bonchev–Trinajstić information content (AvgIpc) is 3.07. The Morgan fingerprint density at radius 3 is 2.55 bits per heavy atom. The number of benzene rings is 2. The molecule has 1 heterocycles. The Morgan fingerprint density at radius 2 is 1.84 bits per heavy atom. The predicted molar refractivity (Wildman–Crippen MR) is 119 cm³/mol. The first-order chi connectivity index (χ1) is 14.8. The molecule has 166 valence electrons. The quantitative estimate of drug-likeness (QED) is 0.403. The van der Waals surface area contributed by atoms with Crippen LogP contribution in [0.15, 0.2) is 52.2 Å². The number of hydrogen-bond acceptors (Lipinski definition) is 5. The Hall–Kier alpha value is -2.91. The second-order valence-electron chi connectivity index (χ2n) is 7.16. The Morgan fingerprint density at radius 1 is 1.13 bits per heavy atom. The van der Waals surface area contributed by atoms with E-state index in [0.29, 0.717) is 31.6 Å². The molecule has 2 aromatic carbocycles. The summed E-state index contributed by atoms with van der Waals surface area (Å²) in [5.41, 5.74) is 2.09. The van der Waals surface area contributed by atoms with Crippen LogP contribution in [-0.2, 0) is 21.3 Å². The van der Waals surface area contributed by atoms with Crippen LogP contribution in [0, 0.1) is 6.92 Å². The van der Waals surface area contributed by atoms with Crippen molar-refractivity contribution in [2.24, 2.45) is 0 Å². The molecule has 0 saturated carbocycles. The van der Waals surface area contributed by atoms with Gasteiger partial charge >= 0.3 is 11.7 Å². The highest BCUT2D eigenvalue weighted by molar-refractivity contribution is 7.89. The van der Waals surface area contributed by atoms with Gasteiger partial charge in [-0.2, -0.15) is 4.31 Å². The van der Waals surface area contributed by atoms with Gasteiger partial charge in [-0.05, 0) is 43.2 Å². The highest BCUT2D eigenvalue weighted by Crippen LogP contribution is 2.22. The highest BCUT2D eigenvalue weighted by atomic mass is 32.2. The lowest BCUT2D eigenvalue weighted by molar-refractivity contribution is 0.0496. The van der Waals surface area contributed by atoms with Crippen LogP contribution in [-0.4, -0.2) is 47.9 Å². The molecular formula is C22H27N3O5S. The van der Waals surface area contributed by atoms with E-state index in [2.05, 4.69) is 4.98 Å². The van der Waals surface area contributed by atoms with Gasteiger partial charge in [0.15, 0.2) is 0 Å². The van der Waals surface area contributed by atoms with E-state index in [1.807, 2.05) is 24.3 Å². The van der Waals surface area contributed by atoms with Gasteiger partial charge in [0.25, 0.3) is 0 Å². The number of aryl methyl sites for hydroxylation is 2. The molecule has 9 heteroatoms. The monoisotopic (exact) mass is 445 g/mol. The number of nitrogens with one attached hydrogen (secondary N) is 1. The van der Waals surface area contributed by atoms with E-state index >= 15 is 0 Å². The molecule has 3 rings (SSSR count). The summed E-state index contributed by atoms with van der Waals surface area (Å²) in [6.07, 6.45) is 0.448. The number of aromatic amines is 1. The zero-order valence-electron chi connectivity index (χ0n) is 17.9. The number of imidazole rings is 1. The van der Waals surface area contributed by atoms with Crippen molar-refractivity contribution in [1.82, 2.24) is 13.9 Å². The fraction of sp³-hybridized carbons (Fsp3) is 0.364. The molecule has 0 aliphatic rings. The first-order valence-corrected chi connectivity index (χ1v) is 11.7. The smallest absolute Gasteiger partial charge is 0.338 e. The Balaban J connectivity index is 1.67. The zero-order valence-corrected chi connectivity index (χ0v) is 18.7. The lowest BCUT2D eigenvalue weighted by atomic mass is 10.1. The number of H-pyrrole nitrogens is 1. The van der Waals surface area contributed by atoms with E-state index in [1.54, 1.807) is 37.5 Å². The van der Waals surface area contributed by atoms with Gasteiger partial charge in [-0.3, -0.25) is 4.57 Å². The Bertz CT molecular complexity index is 1240. The minimum atomic E-state index is -3.68. The van der Waals surface area contributed by atoms with Crippen LogP contribution < -0.4 is 5.69 Å². The van der Waals surface area contributed by atoms with Crippen LogP contribution in [0.2, 0.25) is 0 Å². The number of esters is 1. The fourth-order valence-corrected chi connectivity index (χ4v) is 5.22. The largest absolute Gasteiger partial charge is 0.462 e. The minimum Gasteiger partial charge on any atom is -0.462 e. The van der Waals surface area contributed by atoms with Crippen molar-refractivity contribution >= 4 is 27.0 Å². The third-order valence-corrected chi connectivity index (χ3v) is 7.38. The number of aromatic nitrogens is 2. The van der Waals surface area contributed by atoms with Gasteiger partial charge < -0.3 is 9.72 Å². The minimum absolute atomic E-state index is 0.107. The maximum atomic E-state index is 12.9. The van der Waals surface area contributed by atoms with Crippen LogP contribution in [0.3, 0.4) is 0 Å². The van der Waals surface area contributed by atoms with E-state index in [1.165, 1.54) is 10.4 Å². The standard InChI is InChI=1S/C22H27N3O5S/c1-4-24(5-2)31(28,29)20-15-17(12-11-16(20)3)21(26)30-14-8-13-25-19-10-7-6-9-18(19)23-22(25)27/h6-7,9-12,15H,4-5,8,13-14H2,1-3H3,(H,23,27). The molecule has 3 aromatic rings. The van der Waals surface area contributed by atoms with Crippen molar-refractivity contribution in [1.29, 1.82) is 0 Å². The molecule has 31 heavy (non-hydrogen) atoms. The van der Waals surface area contributed by atoms with Crippen molar-refractivity contribution in [3.05, 3.63) is 64.1 Å². The molecular weight excluding hydrogens is 418 g/mol.